The van der Waals surface area contributed by atoms with E-state index in [9.17, 15) is 4.79 Å². The first-order valence-electron chi connectivity index (χ1n) is 7.26. The van der Waals surface area contributed by atoms with E-state index < -0.39 is 18.5 Å². The Labute approximate surface area is 131 Å². The number of hydrogen-bond donors (Lipinski definition) is 0. The van der Waals surface area contributed by atoms with Crippen molar-refractivity contribution in [2.45, 2.75) is 32.8 Å². The van der Waals surface area contributed by atoms with Crippen LogP contribution in [0.25, 0.3) is 0 Å². The van der Waals surface area contributed by atoms with Crippen molar-refractivity contribution < 1.29 is 28.5 Å². The smallest absolute Gasteiger partial charge is 0.337 e. The average molecular weight is 312 g/mol. The van der Waals surface area contributed by atoms with Gasteiger partial charge in [-0.2, -0.15) is 0 Å². The number of hydrogen-bond acceptors (Lipinski definition) is 6. The zero-order chi connectivity index (χ0) is 16.3. The fraction of sp³-hybridized carbons (Fsp3) is 0.688. The second-order valence-corrected chi connectivity index (χ2v) is 6.35. The summed E-state index contributed by atoms with van der Waals surface area (Å²) in [7, 11) is 2.86. The van der Waals surface area contributed by atoms with Crippen LogP contribution in [-0.4, -0.2) is 46.0 Å². The molecular weight excluding hydrogens is 288 g/mol. The van der Waals surface area contributed by atoms with Crippen LogP contribution in [-0.2, 0) is 28.5 Å². The molecule has 2 heterocycles. The van der Waals surface area contributed by atoms with Gasteiger partial charge in [-0.15, -0.1) is 0 Å². The predicted molar refractivity (Wildman–Crippen MR) is 78.7 cm³/mol. The molecule has 0 N–H and O–H groups in total. The van der Waals surface area contributed by atoms with E-state index in [1.165, 1.54) is 20.5 Å². The van der Waals surface area contributed by atoms with Gasteiger partial charge in [0, 0.05) is 24.9 Å². The van der Waals surface area contributed by atoms with E-state index in [-0.39, 0.29) is 11.3 Å². The Morgan fingerprint density at radius 3 is 2.55 bits per heavy atom. The number of esters is 1. The van der Waals surface area contributed by atoms with Crippen LogP contribution in [0.1, 0.15) is 20.3 Å². The summed E-state index contributed by atoms with van der Waals surface area (Å²) in [4.78, 5) is 11.9. The lowest BCUT2D eigenvalue weighted by Crippen LogP contribution is -2.40. The first-order chi connectivity index (χ1) is 10.4. The molecule has 6 heteroatoms. The van der Waals surface area contributed by atoms with Crippen LogP contribution in [0.15, 0.2) is 24.0 Å². The van der Waals surface area contributed by atoms with E-state index in [4.69, 9.17) is 23.7 Å². The SMILES string of the molecule is C=C1[C@H](OC)OC=C(C(=O)OC)[C@H]1CC1OCC(C)(C)CO1. The largest absolute Gasteiger partial charge is 0.468 e. The number of carbonyl (C=O) groups is 1. The predicted octanol–water partition coefficient (Wildman–Crippen LogP) is 2.01. The van der Waals surface area contributed by atoms with Crippen LogP contribution in [0.4, 0.5) is 0 Å². The van der Waals surface area contributed by atoms with Crippen molar-refractivity contribution in [3.05, 3.63) is 24.0 Å². The van der Waals surface area contributed by atoms with E-state index in [0.29, 0.717) is 30.8 Å². The van der Waals surface area contributed by atoms with Gasteiger partial charge >= 0.3 is 5.97 Å². The maximum Gasteiger partial charge on any atom is 0.337 e. The minimum Gasteiger partial charge on any atom is -0.468 e. The summed E-state index contributed by atoms with van der Waals surface area (Å²) < 4.78 is 26.9. The van der Waals surface area contributed by atoms with E-state index >= 15 is 0 Å². The maximum absolute atomic E-state index is 11.9. The first-order valence-corrected chi connectivity index (χ1v) is 7.26. The van der Waals surface area contributed by atoms with Gasteiger partial charge in [-0.25, -0.2) is 4.79 Å². The van der Waals surface area contributed by atoms with E-state index in [0.717, 1.165) is 0 Å². The third-order valence-corrected chi connectivity index (χ3v) is 3.83. The number of rotatable bonds is 4. The van der Waals surface area contributed by atoms with Gasteiger partial charge in [-0.05, 0) is 5.57 Å². The molecule has 2 atom stereocenters. The molecule has 22 heavy (non-hydrogen) atoms. The highest BCUT2D eigenvalue weighted by atomic mass is 16.7. The quantitative estimate of drug-likeness (QED) is 0.584. The Kier molecular flexibility index (Phi) is 5.26. The summed E-state index contributed by atoms with van der Waals surface area (Å²) in [5.74, 6) is -0.741. The first kappa shape index (κ1) is 17.0. The average Bonchev–Trinajstić information content (AvgIpc) is 2.50. The molecule has 0 radical (unpaired) electrons. The summed E-state index contributed by atoms with van der Waals surface area (Å²) in [5.41, 5.74) is 1.06. The van der Waals surface area contributed by atoms with Crippen LogP contribution >= 0.6 is 0 Å². The van der Waals surface area contributed by atoms with Crippen molar-refractivity contribution in [1.82, 2.24) is 0 Å². The fourth-order valence-electron chi connectivity index (χ4n) is 2.52. The van der Waals surface area contributed by atoms with Crippen molar-refractivity contribution in [1.29, 1.82) is 0 Å². The van der Waals surface area contributed by atoms with Crippen LogP contribution in [0.2, 0.25) is 0 Å². The molecule has 6 nitrogen and oxygen atoms in total. The third-order valence-electron chi connectivity index (χ3n) is 3.83. The van der Waals surface area contributed by atoms with Crippen molar-refractivity contribution in [2.24, 2.45) is 11.3 Å². The summed E-state index contributed by atoms with van der Waals surface area (Å²) >= 11 is 0. The highest BCUT2D eigenvalue weighted by Gasteiger charge is 2.38. The summed E-state index contributed by atoms with van der Waals surface area (Å²) in [6, 6.07) is 0. The van der Waals surface area contributed by atoms with Crippen LogP contribution in [0.3, 0.4) is 0 Å². The maximum atomic E-state index is 11.9. The van der Waals surface area contributed by atoms with E-state index in [1.807, 2.05) is 0 Å². The van der Waals surface area contributed by atoms with Crippen LogP contribution < -0.4 is 0 Å². The Hall–Kier alpha value is -1.37. The molecule has 0 aromatic carbocycles. The van der Waals surface area contributed by atoms with Gasteiger partial charge in [0.15, 0.2) is 6.29 Å². The monoisotopic (exact) mass is 312 g/mol. The number of ether oxygens (including phenoxy) is 5. The van der Waals surface area contributed by atoms with Gasteiger partial charge in [0.25, 0.3) is 0 Å². The molecule has 2 rings (SSSR count). The van der Waals surface area contributed by atoms with E-state index in [2.05, 4.69) is 20.4 Å². The Morgan fingerprint density at radius 2 is 2.00 bits per heavy atom. The molecule has 1 fully saturated rings. The Bertz CT molecular complexity index is 457. The second-order valence-electron chi connectivity index (χ2n) is 6.35. The van der Waals surface area contributed by atoms with Crippen molar-refractivity contribution in [3.63, 3.8) is 0 Å². The van der Waals surface area contributed by atoms with Crippen molar-refractivity contribution in [3.8, 4) is 0 Å². The molecule has 0 aromatic rings. The molecule has 1 saturated heterocycles. The Morgan fingerprint density at radius 1 is 1.36 bits per heavy atom. The van der Waals surface area contributed by atoms with Gasteiger partial charge in [-0.3, -0.25) is 0 Å². The normalized spacial score (nSPS) is 28.7. The molecule has 2 aliphatic heterocycles. The minimum absolute atomic E-state index is 0.000726. The molecular formula is C16H24O6. The third kappa shape index (κ3) is 3.69. The van der Waals surface area contributed by atoms with Gasteiger partial charge in [-0.1, -0.05) is 20.4 Å². The molecule has 2 aliphatic rings. The molecule has 0 bridgehead atoms. The number of methoxy groups -OCH3 is 2. The molecule has 0 amide bonds. The lowest BCUT2D eigenvalue weighted by Gasteiger charge is -2.37. The molecule has 0 spiro atoms. The summed E-state index contributed by atoms with van der Waals surface area (Å²) in [6.07, 6.45) is 0.877. The van der Waals surface area contributed by atoms with Gasteiger partial charge < -0.3 is 23.7 Å². The standard InChI is InChI=1S/C16H24O6/c1-10-11(6-13-21-8-16(2,3)9-22-13)12(14(17)18-4)7-20-15(10)19-5/h7,11,13,15H,1,6,8-9H2,2-5H3/t11-,15+/m0/s1. The topological polar surface area (TPSA) is 63.2 Å². The highest BCUT2D eigenvalue weighted by molar-refractivity contribution is 5.89. The lowest BCUT2D eigenvalue weighted by molar-refractivity contribution is -0.227. The molecule has 0 aliphatic carbocycles. The fourth-order valence-corrected chi connectivity index (χ4v) is 2.52. The van der Waals surface area contributed by atoms with Gasteiger partial charge in [0.1, 0.15) is 0 Å². The van der Waals surface area contributed by atoms with Gasteiger partial charge in [0.05, 0.1) is 32.2 Å². The summed E-state index contributed by atoms with van der Waals surface area (Å²) in [5, 5.41) is 0. The zero-order valence-corrected chi connectivity index (χ0v) is 13.6. The molecule has 0 saturated carbocycles. The Balaban J connectivity index is 2.10. The molecule has 124 valence electrons. The van der Waals surface area contributed by atoms with Crippen molar-refractivity contribution in [2.75, 3.05) is 27.4 Å². The van der Waals surface area contributed by atoms with E-state index in [1.54, 1.807) is 0 Å². The molecule has 0 unspecified atom stereocenters. The van der Waals surface area contributed by atoms with Crippen LogP contribution in [0, 0.1) is 11.3 Å². The number of carbonyl (C=O) groups excluding carboxylic acids is 1. The van der Waals surface area contributed by atoms with Crippen molar-refractivity contribution >= 4 is 5.97 Å². The van der Waals surface area contributed by atoms with Gasteiger partial charge in [0.2, 0.25) is 6.29 Å². The highest BCUT2D eigenvalue weighted by Crippen LogP contribution is 2.36. The van der Waals surface area contributed by atoms with Crippen LogP contribution in [0.5, 0.6) is 0 Å². The minimum atomic E-state index is -0.585. The lowest BCUT2D eigenvalue weighted by atomic mass is 9.86. The second kappa shape index (κ2) is 6.81. The zero-order valence-electron chi connectivity index (χ0n) is 13.6. The molecule has 0 aromatic heterocycles. The summed E-state index contributed by atoms with van der Waals surface area (Å²) in [6.45, 7) is 9.38.